The van der Waals surface area contributed by atoms with Crippen LogP contribution in [-0.2, 0) is 11.2 Å². The number of benzene rings is 1. The van der Waals surface area contributed by atoms with E-state index in [1.807, 2.05) is 25.1 Å². The number of nitrogens with zero attached hydrogens (tertiary/aromatic N) is 1. The molecular weight excluding hydrogens is 244 g/mol. The molecule has 0 aliphatic heterocycles. The van der Waals surface area contributed by atoms with Crippen molar-refractivity contribution in [2.75, 3.05) is 27.3 Å². The lowest BCUT2D eigenvalue weighted by Gasteiger charge is -2.20. The van der Waals surface area contributed by atoms with Crippen LogP contribution in [0.15, 0.2) is 18.2 Å². The van der Waals surface area contributed by atoms with Gasteiger partial charge in [0.1, 0.15) is 11.8 Å². The molecule has 0 heterocycles. The number of hydrogen-bond donors (Lipinski definition) is 2. The van der Waals surface area contributed by atoms with Gasteiger partial charge in [0.15, 0.2) is 0 Å². The second-order valence-corrected chi connectivity index (χ2v) is 4.60. The lowest BCUT2D eigenvalue weighted by Crippen LogP contribution is -2.44. The molecular formula is C14H22N2O3. The maximum Gasteiger partial charge on any atom is 0.241 e. The van der Waals surface area contributed by atoms with Gasteiger partial charge in [0.2, 0.25) is 5.91 Å². The Balaban J connectivity index is 2.57. The lowest BCUT2D eigenvalue weighted by atomic mass is 10.1. The van der Waals surface area contributed by atoms with Gasteiger partial charge < -0.3 is 20.5 Å². The van der Waals surface area contributed by atoms with E-state index >= 15 is 0 Å². The van der Waals surface area contributed by atoms with Gasteiger partial charge in [-0.2, -0.15) is 0 Å². The average Bonchev–Trinajstić information content (AvgIpc) is 2.43. The Labute approximate surface area is 114 Å². The summed E-state index contributed by atoms with van der Waals surface area (Å²) in [6.07, 6.45) is 0.741. The van der Waals surface area contributed by atoms with Gasteiger partial charge in [0.05, 0.1) is 13.7 Å². The predicted octanol–water partition coefficient (Wildman–Crippen LogP) is 0.324. The molecule has 0 saturated carbocycles. The van der Waals surface area contributed by atoms with Crippen molar-refractivity contribution in [3.8, 4) is 5.75 Å². The molecule has 1 amide bonds. The number of carbonyl (C=O) groups is 1. The van der Waals surface area contributed by atoms with E-state index in [0.29, 0.717) is 6.54 Å². The Bertz CT molecular complexity index is 435. The van der Waals surface area contributed by atoms with Crippen LogP contribution in [0.5, 0.6) is 5.75 Å². The van der Waals surface area contributed by atoms with Crippen LogP contribution >= 0.6 is 0 Å². The van der Waals surface area contributed by atoms with Crippen LogP contribution in [0, 0.1) is 6.92 Å². The predicted molar refractivity (Wildman–Crippen MR) is 74.1 cm³/mol. The van der Waals surface area contributed by atoms with E-state index in [2.05, 4.69) is 0 Å². The van der Waals surface area contributed by atoms with Crippen molar-refractivity contribution in [2.24, 2.45) is 5.73 Å². The molecule has 1 aromatic rings. The summed E-state index contributed by atoms with van der Waals surface area (Å²) in [7, 11) is 3.33. The van der Waals surface area contributed by atoms with E-state index in [4.69, 9.17) is 15.6 Å². The number of aliphatic hydroxyl groups is 1. The zero-order valence-corrected chi connectivity index (χ0v) is 11.7. The number of methoxy groups -OCH3 is 1. The highest BCUT2D eigenvalue weighted by Crippen LogP contribution is 2.18. The molecule has 0 spiro atoms. The zero-order chi connectivity index (χ0) is 14.4. The molecule has 5 heteroatoms. The Morgan fingerprint density at radius 2 is 2.21 bits per heavy atom. The number of aryl methyl sites for hydroxylation is 1. The Morgan fingerprint density at radius 3 is 2.74 bits per heavy atom. The molecule has 0 radical (unpaired) electrons. The third-order valence-corrected chi connectivity index (χ3v) is 3.09. The van der Waals surface area contributed by atoms with E-state index < -0.39 is 6.04 Å². The van der Waals surface area contributed by atoms with Crippen molar-refractivity contribution in [1.29, 1.82) is 0 Å². The van der Waals surface area contributed by atoms with Crippen LogP contribution in [0.3, 0.4) is 0 Å². The smallest absolute Gasteiger partial charge is 0.241 e. The number of rotatable bonds is 6. The number of nitrogens with two attached hydrogens (primary N) is 1. The van der Waals surface area contributed by atoms with Gasteiger partial charge in [-0.1, -0.05) is 12.1 Å². The first kappa shape index (κ1) is 15.5. The molecule has 106 valence electrons. The van der Waals surface area contributed by atoms with Crippen LogP contribution in [0.1, 0.15) is 11.1 Å². The van der Waals surface area contributed by atoms with E-state index in [9.17, 15) is 4.79 Å². The van der Waals surface area contributed by atoms with Gasteiger partial charge in [0.25, 0.3) is 0 Å². The van der Waals surface area contributed by atoms with Crippen molar-refractivity contribution in [3.63, 3.8) is 0 Å². The molecule has 0 aromatic heterocycles. The Hall–Kier alpha value is -1.59. The van der Waals surface area contributed by atoms with Crippen LogP contribution in [0.2, 0.25) is 0 Å². The third kappa shape index (κ3) is 4.22. The summed E-state index contributed by atoms with van der Waals surface area (Å²) in [5.74, 6) is 0.614. The summed E-state index contributed by atoms with van der Waals surface area (Å²) >= 11 is 0. The first-order valence-corrected chi connectivity index (χ1v) is 6.24. The second kappa shape index (κ2) is 7.11. The van der Waals surface area contributed by atoms with Gasteiger partial charge in [-0.3, -0.25) is 4.79 Å². The van der Waals surface area contributed by atoms with Crippen molar-refractivity contribution >= 4 is 5.91 Å². The zero-order valence-electron chi connectivity index (χ0n) is 11.7. The standard InChI is InChI=1S/C14H22N2O3/c1-10-8-11(4-5-13(10)19-3)6-7-16(2)14(18)12(15)9-17/h4-5,8,12,17H,6-7,9,15H2,1-3H3. The molecule has 0 bridgehead atoms. The van der Waals surface area contributed by atoms with E-state index in [1.165, 1.54) is 0 Å². The number of amides is 1. The van der Waals surface area contributed by atoms with Crippen LogP contribution < -0.4 is 10.5 Å². The van der Waals surface area contributed by atoms with Gasteiger partial charge in [-0.15, -0.1) is 0 Å². The molecule has 0 saturated heterocycles. The van der Waals surface area contributed by atoms with Crippen molar-refractivity contribution in [2.45, 2.75) is 19.4 Å². The molecule has 0 aliphatic carbocycles. The minimum atomic E-state index is -0.831. The average molecular weight is 266 g/mol. The highest BCUT2D eigenvalue weighted by Gasteiger charge is 2.16. The van der Waals surface area contributed by atoms with E-state index in [1.54, 1.807) is 19.1 Å². The summed E-state index contributed by atoms with van der Waals surface area (Å²) in [5.41, 5.74) is 7.70. The number of carbonyl (C=O) groups excluding carboxylic acids is 1. The minimum absolute atomic E-state index is 0.243. The third-order valence-electron chi connectivity index (χ3n) is 3.09. The van der Waals surface area contributed by atoms with Crippen molar-refractivity contribution < 1.29 is 14.6 Å². The molecule has 0 aliphatic rings. The maximum absolute atomic E-state index is 11.7. The van der Waals surface area contributed by atoms with Crippen LogP contribution in [0.4, 0.5) is 0 Å². The monoisotopic (exact) mass is 266 g/mol. The van der Waals surface area contributed by atoms with Gasteiger partial charge in [0, 0.05) is 13.6 Å². The minimum Gasteiger partial charge on any atom is -0.496 e. The van der Waals surface area contributed by atoms with E-state index in [-0.39, 0.29) is 12.5 Å². The maximum atomic E-state index is 11.7. The number of likely N-dealkylation sites (N-methyl/N-ethyl adjacent to an activating group) is 1. The summed E-state index contributed by atoms with van der Waals surface area (Å²) < 4.78 is 5.20. The highest BCUT2D eigenvalue weighted by molar-refractivity contribution is 5.81. The topological polar surface area (TPSA) is 75.8 Å². The molecule has 1 aromatic carbocycles. The number of ether oxygens (including phenoxy) is 1. The largest absolute Gasteiger partial charge is 0.496 e. The fourth-order valence-electron chi connectivity index (χ4n) is 1.86. The molecule has 1 unspecified atom stereocenters. The van der Waals surface area contributed by atoms with Gasteiger partial charge in [-0.25, -0.2) is 0 Å². The molecule has 3 N–H and O–H groups in total. The first-order chi connectivity index (χ1) is 8.99. The fraction of sp³-hybridized carbons (Fsp3) is 0.500. The van der Waals surface area contributed by atoms with Gasteiger partial charge in [-0.05, 0) is 30.5 Å². The van der Waals surface area contributed by atoms with Crippen molar-refractivity contribution in [3.05, 3.63) is 29.3 Å². The summed E-state index contributed by atoms with van der Waals surface area (Å²) in [5, 5.41) is 8.85. The van der Waals surface area contributed by atoms with Crippen LogP contribution in [0.25, 0.3) is 0 Å². The molecule has 5 nitrogen and oxygen atoms in total. The number of aliphatic hydroxyl groups excluding tert-OH is 1. The summed E-state index contributed by atoms with van der Waals surface area (Å²) in [6, 6.07) is 5.12. The van der Waals surface area contributed by atoms with Crippen molar-refractivity contribution in [1.82, 2.24) is 4.90 Å². The van der Waals surface area contributed by atoms with Gasteiger partial charge >= 0.3 is 0 Å². The van der Waals surface area contributed by atoms with E-state index in [0.717, 1.165) is 23.3 Å². The Morgan fingerprint density at radius 1 is 1.53 bits per heavy atom. The van der Waals surface area contributed by atoms with Crippen LogP contribution in [-0.4, -0.2) is 49.3 Å². The first-order valence-electron chi connectivity index (χ1n) is 6.24. The fourth-order valence-corrected chi connectivity index (χ4v) is 1.86. The quantitative estimate of drug-likeness (QED) is 0.777. The normalized spacial score (nSPS) is 12.1. The molecule has 1 atom stereocenters. The lowest BCUT2D eigenvalue weighted by molar-refractivity contribution is -0.132. The summed E-state index contributed by atoms with van der Waals surface area (Å²) in [6.45, 7) is 2.22. The highest BCUT2D eigenvalue weighted by atomic mass is 16.5. The molecule has 0 fully saturated rings. The Kier molecular flexibility index (Phi) is 5.79. The SMILES string of the molecule is COc1ccc(CCN(C)C(=O)C(N)CO)cc1C. The molecule has 1 rings (SSSR count). The second-order valence-electron chi connectivity index (χ2n) is 4.60. The number of hydrogen-bond acceptors (Lipinski definition) is 4. The summed E-state index contributed by atoms with van der Waals surface area (Å²) in [4.78, 5) is 13.2. The molecule has 19 heavy (non-hydrogen) atoms.